The van der Waals surface area contributed by atoms with Crippen LogP contribution in [0.2, 0.25) is 0 Å². The van der Waals surface area contributed by atoms with Gasteiger partial charge in [-0.05, 0) is 18.4 Å². The van der Waals surface area contributed by atoms with Gasteiger partial charge in [0, 0.05) is 6.54 Å². The summed E-state index contributed by atoms with van der Waals surface area (Å²) in [5.41, 5.74) is 0. The first-order valence-corrected chi connectivity index (χ1v) is 6.42. The third-order valence-electron chi connectivity index (χ3n) is 2.29. The minimum Gasteiger partial charge on any atom is -0.468 e. The molecule has 18 heavy (non-hydrogen) atoms. The van der Waals surface area contributed by atoms with Gasteiger partial charge in [0.25, 0.3) is 0 Å². The highest BCUT2D eigenvalue weighted by Crippen LogP contribution is 2.26. The first kappa shape index (κ1) is 12.6. The summed E-state index contributed by atoms with van der Waals surface area (Å²) in [4.78, 5) is 20.7. The number of hydrogen-bond donors (Lipinski definition) is 2. The normalized spacial score (nSPS) is 10.3. The predicted octanol–water partition coefficient (Wildman–Crippen LogP) is 1.71. The van der Waals surface area contributed by atoms with E-state index in [1.807, 2.05) is 18.4 Å². The zero-order chi connectivity index (χ0) is 13.0. The molecule has 2 aromatic rings. The molecule has 2 heterocycles. The molecule has 2 rings (SSSR count). The first-order valence-electron chi connectivity index (χ1n) is 5.54. The fourth-order valence-corrected chi connectivity index (χ4v) is 2.22. The van der Waals surface area contributed by atoms with Crippen molar-refractivity contribution in [1.29, 1.82) is 0 Å². The lowest BCUT2D eigenvalue weighted by atomic mass is 10.4. The molecule has 0 fully saturated rings. The Bertz CT molecular complexity index is 555. The van der Waals surface area contributed by atoms with E-state index in [0.29, 0.717) is 11.8 Å². The summed E-state index contributed by atoms with van der Waals surface area (Å²) in [6, 6.07) is 1.93. The Hall–Kier alpha value is -1.89. The second kappa shape index (κ2) is 5.63. The van der Waals surface area contributed by atoms with E-state index < -0.39 is 0 Å². The Kier molecular flexibility index (Phi) is 3.93. The van der Waals surface area contributed by atoms with Gasteiger partial charge >= 0.3 is 5.97 Å². The van der Waals surface area contributed by atoms with Gasteiger partial charge in [-0.15, -0.1) is 11.3 Å². The van der Waals surface area contributed by atoms with Gasteiger partial charge in [0.15, 0.2) is 0 Å². The van der Waals surface area contributed by atoms with E-state index in [1.54, 1.807) is 0 Å². The maximum atomic E-state index is 11.1. The number of rotatable bonds is 5. The van der Waals surface area contributed by atoms with Crippen LogP contribution in [0.25, 0.3) is 10.2 Å². The van der Waals surface area contributed by atoms with Crippen molar-refractivity contribution in [3.05, 3.63) is 11.4 Å². The Morgan fingerprint density at radius 3 is 3.00 bits per heavy atom. The summed E-state index contributed by atoms with van der Waals surface area (Å²) in [5, 5.41) is 8.87. The number of carbonyl (C=O) groups excluding carboxylic acids is 1. The van der Waals surface area contributed by atoms with Crippen molar-refractivity contribution in [2.75, 3.05) is 30.8 Å². The molecular weight excluding hydrogens is 252 g/mol. The minimum atomic E-state index is -0.331. The third-order valence-corrected chi connectivity index (χ3v) is 3.09. The summed E-state index contributed by atoms with van der Waals surface area (Å²) in [6.07, 6.45) is 0. The van der Waals surface area contributed by atoms with Crippen LogP contribution in [-0.2, 0) is 9.53 Å². The van der Waals surface area contributed by atoms with Crippen LogP contribution in [0.5, 0.6) is 0 Å². The molecule has 0 saturated carbocycles. The van der Waals surface area contributed by atoms with Crippen LogP contribution in [0.15, 0.2) is 11.4 Å². The van der Waals surface area contributed by atoms with Crippen molar-refractivity contribution in [1.82, 2.24) is 9.97 Å². The largest absolute Gasteiger partial charge is 0.468 e. The average molecular weight is 266 g/mol. The van der Waals surface area contributed by atoms with Crippen molar-refractivity contribution in [3.63, 3.8) is 0 Å². The second-order valence-corrected chi connectivity index (χ2v) is 4.39. The number of nitrogens with one attached hydrogen (secondary N) is 2. The van der Waals surface area contributed by atoms with E-state index in [2.05, 4.69) is 25.3 Å². The van der Waals surface area contributed by atoms with Gasteiger partial charge < -0.3 is 15.4 Å². The van der Waals surface area contributed by atoms with Gasteiger partial charge in [0.05, 0.1) is 12.5 Å². The van der Waals surface area contributed by atoms with Gasteiger partial charge in [-0.1, -0.05) is 0 Å². The molecule has 0 spiro atoms. The SMILES string of the molecule is CCNc1nc(NCC(=O)OC)c2ccsc2n1. The van der Waals surface area contributed by atoms with Crippen molar-refractivity contribution >= 4 is 39.3 Å². The number of carbonyl (C=O) groups is 1. The summed E-state index contributed by atoms with van der Waals surface area (Å²) < 4.78 is 4.59. The average Bonchev–Trinajstić information content (AvgIpc) is 2.84. The lowest BCUT2D eigenvalue weighted by Gasteiger charge is -2.08. The van der Waals surface area contributed by atoms with Gasteiger partial charge in [-0.2, -0.15) is 4.98 Å². The molecule has 96 valence electrons. The third kappa shape index (κ3) is 2.67. The van der Waals surface area contributed by atoms with Crippen LogP contribution < -0.4 is 10.6 Å². The molecule has 2 aromatic heterocycles. The van der Waals surface area contributed by atoms with Crippen molar-refractivity contribution in [2.24, 2.45) is 0 Å². The highest BCUT2D eigenvalue weighted by molar-refractivity contribution is 7.16. The van der Waals surface area contributed by atoms with Crippen LogP contribution >= 0.6 is 11.3 Å². The molecule has 0 amide bonds. The topological polar surface area (TPSA) is 76.1 Å². The number of thiophene rings is 1. The Balaban J connectivity index is 2.28. The maximum Gasteiger partial charge on any atom is 0.325 e. The Morgan fingerprint density at radius 2 is 2.28 bits per heavy atom. The van der Waals surface area contributed by atoms with Crippen molar-refractivity contribution in [2.45, 2.75) is 6.92 Å². The highest BCUT2D eigenvalue weighted by atomic mass is 32.1. The number of anilines is 2. The molecule has 2 N–H and O–H groups in total. The standard InChI is InChI=1S/C11H14N4O2S/c1-3-12-11-14-9(13-6-8(16)17-2)7-4-5-18-10(7)15-11/h4-5H,3,6H2,1-2H3,(H2,12,13,14,15). The van der Waals surface area contributed by atoms with Gasteiger partial charge in [-0.25, -0.2) is 4.98 Å². The van der Waals surface area contributed by atoms with E-state index in [0.717, 1.165) is 16.8 Å². The molecule has 7 heteroatoms. The fraction of sp³-hybridized carbons (Fsp3) is 0.364. The Morgan fingerprint density at radius 1 is 1.44 bits per heavy atom. The number of ether oxygens (including phenoxy) is 1. The van der Waals surface area contributed by atoms with Gasteiger partial charge in [0.2, 0.25) is 5.95 Å². The highest BCUT2D eigenvalue weighted by Gasteiger charge is 2.09. The molecule has 6 nitrogen and oxygen atoms in total. The smallest absolute Gasteiger partial charge is 0.325 e. The minimum absolute atomic E-state index is 0.0873. The van der Waals surface area contributed by atoms with Crippen LogP contribution in [0.1, 0.15) is 6.92 Å². The summed E-state index contributed by atoms with van der Waals surface area (Å²) in [5.74, 6) is 0.865. The van der Waals surface area contributed by atoms with Crippen LogP contribution in [-0.4, -0.2) is 36.1 Å². The zero-order valence-electron chi connectivity index (χ0n) is 10.2. The van der Waals surface area contributed by atoms with Crippen LogP contribution in [0, 0.1) is 0 Å². The van der Waals surface area contributed by atoms with E-state index in [9.17, 15) is 4.79 Å². The zero-order valence-corrected chi connectivity index (χ0v) is 11.0. The summed E-state index contributed by atoms with van der Waals surface area (Å²) >= 11 is 1.53. The number of nitrogens with zero attached hydrogens (tertiary/aromatic N) is 2. The van der Waals surface area contributed by atoms with Crippen molar-refractivity contribution < 1.29 is 9.53 Å². The van der Waals surface area contributed by atoms with Gasteiger partial charge in [-0.3, -0.25) is 4.79 Å². The monoisotopic (exact) mass is 266 g/mol. The van der Waals surface area contributed by atoms with Crippen LogP contribution in [0.4, 0.5) is 11.8 Å². The first-order chi connectivity index (χ1) is 8.74. The number of aromatic nitrogens is 2. The molecule has 0 aromatic carbocycles. The lowest BCUT2D eigenvalue weighted by Crippen LogP contribution is -2.16. The summed E-state index contributed by atoms with van der Waals surface area (Å²) in [7, 11) is 1.36. The molecular formula is C11H14N4O2S. The fourth-order valence-electron chi connectivity index (χ4n) is 1.46. The number of esters is 1. The number of fused-ring (bicyclic) bond motifs is 1. The number of hydrogen-bond acceptors (Lipinski definition) is 7. The lowest BCUT2D eigenvalue weighted by molar-refractivity contribution is -0.138. The van der Waals surface area contributed by atoms with E-state index >= 15 is 0 Å². The van der Waals surface area contributed by atoms with E-state index in [-0.39, 0.29) is 12.5 Å². The van der Waals surface area contributed by atoms with Crippen LogP contribution in [0.3, 0.4) is 0 Å². The quantitative estimate of drug-likeness (QED) is 0.802. The predicted molar refractivity (Wildman–Crippen MR) is 72.1 cm³/mol. The molecule has 0 saturated heterocycles. The molecule has 0 atom stereocenters. The van der Waals surface area contributed by atoms with Crippen molar-refractivity contribution in [3.8, 4) is 0 Å². The molecule has 0 aliphatic rings. The van der Waals surface area contributed by atoms with E-state index in [4.69, 9.17) is 0 Å². The van der Waals surface area contributed by atoms with Gasteiger partial charge in [0.1, 0.15) is 17.2 Å². The number of methoxy groups -OCH3 is 1. The second-order valence-electron chi connectivity index (χ2n) is 3.50. The molecule has 0 bridgehead atoms. The van der Waals surface area contributed by atoms with E-state index in [1.165, 1.54) is 18.4 Å². The maximum absolute atomic E-state index is 11.1. The Labute approximate surface area is 108 Å². The molecule has 0 aliphatic heterocycles. The molecule has 0 radical (unpaired) electrons. The molecule has 0 aliphatic carbocycles. The molecule has 0 unspecified atom stereocenters. The summed E-state index contributed by atoms with van der Waals surface area (Å²) in [6.45, 7) is 2.81.